The van der Waals surface area contributed by atoms with Gasteiger partial charge < -0.3 is 4.90 Å². The molecular weight excluding hydrogens is 707 g/mol. The van der Waals surface area contributed by atoms with Crippen LogP contribution in [0.4, 0.5) is 17.1 Å². The quantitative estimate of drug-likeness (QED) is 0.174. The van der Waals surface area contributed by atoms with Crippen LogP contribution in [0.2, 0.25) is 0 Å². The lowest BCUT2D eigenvalue weighted by atomic mass is 9.55. The Balaban J connectivity index is 1.16. The lowest BCUT2D eigenvalue weighted by molar-refractivity contribution is 0.754. The summed E-state index contributed by atoms with van der Waals surface area (Å²) < 4.78 is 2.61. The predicted molar refractivity (Wildman–Crippen MR) is 243 cm³/mol. The zero-order valence-electron chi connectivity index (χ0n) is 30.9. The molecule has 264 valence electrons. The molecule has 0 radical (unpaired) electrons. The van der Waals surface area contributed by atoms with E-state index in [2.05, 4.69) is 205 Å². The van der Waals surface area contributed by atoms with Crippen molar-refractivity contribution < 1.29 is 0 Å². The van der Waals surface area contributed by atoms with Gasteiger partial charge >= 0.3 is 0 Å². The van der Waals surface area contributed by atoms with Crippen LogP contribution in [0.25, 0.3) is 74.7 Å². The van der Waals surface area contributed by atoms with Gasteiger partial charge in [-0.2, -0.15) is 0 Å². The highest BCUT2D eigenvalue weighted by Crippen LogP contribution is 2.61. The van der Waals surface area contributed by atoms with Crippen molar-refractivity contribution in [2.45, 2.75) is 5.41 Å². The Morgan fingerprint density at radius 2 is 0.842 bits per heavy atom. The molecule has 1 nitrogen and oxygen atoms in total. The van der Waals surface area contributed by atoms with Crippen LogP contribution in [0, 0.1) is 0 Å². The SMILES string of the molecule is c1ccc2c(c1)-c1cccc3cccc(c13)C21c2cc(N(c3ccc4ccccc4c3)c3ccc4c(c3)sc3ccccc34)ccc2-c2cccc3cccc1c23. The second-order valence-corrected chi connectivity index (χ2v) is 16.7. The van der Waals surface area contributed by atoms with Gasteiger partial charge in [-0.3, -0.25) is 0 Å². The van der Waals surface area contributed by atoms with Crippen molar-refractivity contribution in [3.8, 4) is 22.3 Å². The smallest absolute Gasteiger partial charge is 0.0726 e. The number of anilines is 3. The van der Waals surface area contributed by atoms with Crippen LogP contribution >= 0.6 is 11.3 Å². The number of thiophene rings is 1. The maximum atomic E-state index is 2.53. The molecule has 13 rings (SSSR count). The summed E-state index contributed by atoms with van der Waals surface area (Å²) in [6, 6.07) is 75.4. The number of hydrogen-bond donors (Lipinski definition) is 0. The monoisotopic (exact) mass is 739 g/mol. The molecule has 2 aliphatic rings. The highest BCUT2D eigenvalue weighted by atomic mass is 32.1. The van der Waals surface area contributed by atoms with Gasteiger partial charge in [-0.15, -0.1) is 11.3 Å². The second-order valence-electron chi connectivity index (χ2n) is 15.6. The van der Waals surface area contributed by atoms with Crippen molar-refractivity contribution in [1.82, 2.24) is 0 Å². The first-order chi connectivity index (χ1) is 28.3. The standard InChI is InChI=1S/C55H33NS/c1-2-12-37-31-38(26-25-34(37)11-1)56(40-28-30-44-43-18-4-6-24-51(43)57-52(44)33-40)39-27-29-42-46-20-8-14-36-16-10-23-49(54(36)46)55(50(42)32-39)47-21-5-3-17-41(47)45-19-7-13-35-15-9-22-48(55)53(35)45/h1-33H. The summed E-state index contributed by atoms with van der Waals surface area (Å²) in [5, 5.41) is 10.3. The van der Waals surface area contributed by atoms with Crippen molar-refractivity contribution in [1.29, 1.82) is 0 Å². The van der Waals surface area contributed by atoms with Crippen molar-refractivity contribution in [3.63, 3.8) is 0 Å². The molecule has 0 bridgehead atoms. The normalized spacial score (nSPS) is 15.1. The van der Waals surface area contributed by atoms with E-state index in [-0.39, 0.29) is 0 Å². The Morgan fingerprint density at radius 3 is 1.63 bits per heavy atom. The van der Waals surface area contributed by atoms with E-state index in [1.165, 1.54) is 97.0 Å². The molecule has 1 heterocycles. The third kappa shape index (κ3) is 4.18. The van der Waals surface area contributed by atoms with Crippen molar-refractivity contribution in [2.75, 3.05) is 4.90 Å². The van der Waals surface area contributed by atoms with E-state index in [0.717, 1.165) is 17.1 Å². The molecule has 2 heteroatoms. The summed E-state index contributed by atoms with van der Waals surface area (Å²) >= 11 is 1.87. The van der Waals surface area contributed by atoms with Gasteiger partial charge in [0.2, 0.25) is 0 Å². The lowest BCUT2D eigenvalue weighted by Gasteiger charge is -2.46. The third-order valence-electron chi connectivity index (χ3n) is 12.8. The molecule has 1 atom stereocenters. The van der Waals surface area contributed by atoms with Gasteiger partial charge in [-0.25, -0.2) is 0 Å². The second kappa shape index (κ2) is 11.5. The summed E-state index contributed by atoms with van der Waals surface area (Å²) in [5.74, 6) is 0. The van der Waals surface area contributed by atoms with Crippen LogP contribution in [0.5, 0.6) is 0 Å². The Hall–Kier alpha value is -7.00. The predicted octanol–water partition coefficient (Wildman–Crippen LogP) is 15.3. The number of hydrogen-bond acceptors (Lipinski definition) is 2. The van der Waals surface area contributed by atoms with Crippen LogP contribution in [0.15, 0.2) is 200 Å². The molecule has 1 aromatic heterocycles. The Labute approximate surface area is 334 Å². The molecule has 57 heavy (non-hydrogen) atoms. The molecule has 0 fully saturated rings. The van der Waals surface area contributed by atoms with E-state index in [1.54, 1.807) is 0 Å². The fraction of sp³-hybridized carbons (Fsp3) is 0.0182. The van der Waals surface area contributed by atoms with E-state index >= 15 is 0 Å². The van der Waals surface area contributed by atoms with Gasteiger partial charge in [0.1, 0.15) is 0 Å². The summed E-state index contributed by atoms with van der Waals surface area (Å²) in [6.07, 6.45) is 0. The van der Waals surface area contributed by atoms with Gasteiger partial charge in [0.15, 0.2) is 0 Å². The Morgan fingerprint density at radius 1 is 0.316 bits per heavy atom. The first-order valence-electron chi connectivity index (χ1n) is 19.8. The summed E-state index contributed by atoms with van der Waals surface area (Å²) in [6.45, 7) is 0. The molecular formula is C55H33NS. The molecule has 0 saturated carbocycles. The number of rotatable bonds is 3. The molecule has 0 N–H and O–H groups in total. The summed E-state index contributed by atoms with van der Waals surface area (Å²) in [5.41, 5.74) is 13.4. The molecule has 0 aliphatic heterocycles. The fourth-order valence-corrected chi connectivity index (χ4v) is 11.6. The summed E-state index contributed by atoms with van der Waals surface area (Å²) in [4.78, 5) is 2.48. The minimum absolute atomic E-state index is 0.561. The van der Waals surface area contributed by atoms with Crippen LogP contribution in [-0.2, 0) is 5.41 Å². The molecule has 1 spiro atoms. The number of benzene rings is 10. The molecule has 0 saturated heterocycles. The molecule has 1 unspecified atom stereocenters. The lowest BCUT2D eigenvalue weighted by Crippen LogP contribution is -2.36. The first-order valence-corrected chi connectivity index (χ1v) is 20.6. The maximum absolute atomic E-state index is 2.53. The van der Waals surface area contributed by atoms with E-state index in [0.29, 0.717) is 0 Å². The molecule has 0 amide bonds. The minimum Gasteiger partial charge on any atom is -0.310 e. The van der Waals surface area contributed by atoms with Crippen molar-refractivity contribution in [3.05, 3.63) is 222 Å². The highest BCUT2D eigenvalue weighted by Gasteiger charge is 2.48. The van der Waals surface area contributed by atoms with E-state index in [4.69, 9.17) is 0 Å². The average molecular weight is 740 g/mol. The number of fused-ring (bicyclic) bond motifs is 12. The van der Waals surface area contributed by atoms with Crippen molar-refractivity contribution in [2.24, 2.45) is 0 Å². The van der Waals surface area contributed by atoms with Gasteiger partial charge in [0.05, 0.1) is 5.41 Å². The van der Waals surface area contributed by atoms with E-state index in [9.17, 15) is 0 Å². The van der Waals surface area contributed by atoms with Gasteiger partial charge in [0, 0.05) is 37.2 Å². The highest BCUT2D eigenvalue weighted by molar-refractivity contribution is 7.25. The van der Waals surface area contributed by atoms with E-state index in [1.807, 2.05) is 11.3 Å². The zero-order valence-corrected chi connectivity index (χ0v) is 31.7. The van der Waals surface area contributed by atoms with Gasteiger partial charge in [-0.1, -0.05) is 158 Å². The zero-order chi connectivity index (χ0) is 37.2. The van der Waals surface area contributed by atoms with Crippen molar-refractivity contribution >= 4 is 80.9 Å². The van der Waals surface area contributed by atoms with Gasteiger partial charge in [0.25, 0.3) is 0 Å². The number of nitrogens with zero attached hydrogens (tertiary/aromatic N) is 1. The van der Waals surface area contributed by atoms with E-state index < -0.39 is 5.41 Å². The Kier molecular flexibility index (Phi) is 6.31. The molecule has 10 aromatic carbocycles. The third-order valence-corrected chi connectivity index (χ3v) is 13.9. The van der Waals surface area contributed by atoms with Crippen LogP contribution in [-0.4, -0.2) is 0 Å². The van der Waals surface area contributed by atoms with Gasteiger partial charge in [-0.05, 0) is 119 Å². The summed E-state index contributed by atoms with van der Waals surface area (Å²) in [7, 11) is 0. The molecule has 11 aromatic rings. The largest absolute Gasteiger partial charge is 0.310 e. The minimum atomic E-state index is -0.561. The van der Waals surface area contributed by atoms with Crippen LogP contribution < -0.4 is 4.90 Å². The maximum Gasteiger partial charge on any atom is 0.0726 e. The fourth-order valence-electron chi connectivity index (χ4n) is 10.5. The van der Waals surface area contributed by atoms with Crippen LogP contribution in [0.3, 0.4) is 0 Å². The first kappa shape index (κ1) is 31.2. The average Bonchev–Trinajstić information content (AvgIpc) is 3.64. The molecule has 2 aliphatic carbocycles. The van der Waals surface area contributed by atoms with Crippen LogP contribution in [0.1, 0.15) is 22.3 Å². The topological polar surface area (TPSA) is 3.24 Å². The Bertz CT molecular complexity index is 3480.